The molecule has 1 saturated heterocycles. The molecule has 5 rings (SSSR count). The molecule has 0 amide bonds. The number of nitrogens with zero attached hydrogens (tertiary/aromatic N) is 3. The van der Waals surface area contributed by atoms with Gasteiger partial charge < -0.3 is 4.90 Å². The number of anilines is 1. The van der Waals surface area contributed by atoms with Gasteiger partial charge >= 0.3 is 0 Å². The predicted molar refractivity (Wildman–Crippen MR) is 90.4 cm³/mol. The van der Waals surface area contributed by atoms with Crippen LogP contribution in [0.1, 0.15) is 50.9 Å². The molecule has 2 bridgehead atoms. The first kappa shape index (κ1) is 13.7. The highest BCUT2D eigenvalue weighted by atomic mass is 15.2. The second-order valence-corrected chi connectivity index (χ2v) is 7.54. The monoisotopic (exact) mass is 293 g/mol. The second-order valence-electron chi connectivity index (χ2n) is 7.54. The van der Waals surface area contributed by atoms with E-state index in [1.54, 1.807) is 0 Å². The number of pyridine rings is 2. The lowest BCUT2D eigenvalue weighted by Crippen LogP contribution is -2.40. The Kier molecular flexibility index (Phi) is 3.00. The fourth-order valence-corrected chi connectivity index (χ4v) is 3.69. The summed E-state index contributed by atoms with van der Waals surface area (Å²) in [4.78, 5) is 11.8. The quantitative estimate of drug-likeness (QED) is 0.791. The van der Waals surface area contributed by atoms with E-state index in [1.165, 1.54) is 54.1 Å². The standard InChI is InChI=1S/C19H23N3/c1-19(2,3)16-12-15(13-4-8-20-9-5-13)18-17(21-16)14-6-10-22(18)11-7-14/h4-5,8-9,12,14H,6-7,10-11H2,1-3H3. The van der Waals surface area contributed by atoms with Crippen LogP contribution < -0.4 is 4.90 Å². The van der Waals surface area contributed by atoms with Crippen LogP contribution in [0.4, 0.5) is 5.69 Å². The Hall–Kier alpha value is -1.90. The van der Waals surface area contributed by atoms with Gasteiger partial charge in [0.15, 0.2) is 0 Å². The highest BCUT2D eigenvalue weighted by Crippen LogP contribution is 2.47. The van der Waals surface area contributed by atoms with Gasteiger partial charge in [-0.05, 0) is 36.6 Å². The lowest BCUT2D eigenvalue weighted by Gasteiger charge is -2.43. The van der Waals surface area contributed by atoms with E-state index >= 15 is 0 Å². The molecule has 2 aromatic heterocycles. The smallest absolute Gasteiger partial charge is 0.0678 e. The molecule has 0 N–H and O–H groups in total. The van der Waals surface area contributed by atoms with Crippen molar-refractivity contribution in [3.8, 4) is 11.1 Å². The molecule has 3 heteroatoms. The van der Waals surface area contributed by atoms with E-state index in [0.717, 1.165) is 0 Å². The molecule has 0 atom stereocenters. The van der Waals surface area contributed by atoms with Gasteiger partial charge in [0.25, 0.3) is 0 Å². The van der Waals surface area contributed by atoms with Crippen molar-refractivity contribution in [2.45, 2.75) is 44.9 Å². The third kappa shape index (κ3) is 2.11. The Morgan fingerprint density at radius 1 is 1.09 bits per heavy atom. The molecule has 0 aliphatic carbocycles. The van der Waals surface area contributed by atoms with E-state index in [0.29, 0.717) is 5.92 Å². The van der Waals surface area contributed by atoms with Crippen molar-refractivity contribution in [3.63, 3.8) is 0 Å². The van der Waals surface area contributed by atoms with Crippen molar-refractivity contribution in [2.24, 2.45) is 0 Å². The Labute approximate surface area is 132 Å². The van der Waals surface area contributed by atoms with Gasteiger partial charge in [-0.15, -0.1) is 0 Å². The van der Waals surface area contributed by atoms with Gasteiger partial charge in [-0.25, -0.2) is 0 Å². The summed E-state index contributed by atoms with van der Waals surface area (Å²) in [5, 5.41) is 0. The molecule has 22 heavy (non-hydrogen) atoms. The van der Waals surface area contributed by atoms with Crippen LogP contribution >= 0.6 is 0 Å². The Bertz CT molecular complexity index is 693. The van der Waals surface area contributed by atoms with Crippen molar-refractivity contribution in [3.05, 3.63) is 42.0 Å². The summed E-state index contributed by atoms with van der Waals surface area (Å²) < 4.78 is 0. The maximum atomic E-state index is 5.10. The molecule has 1 fully saturated rings. The summed E-state index contributed by atoms with van der Waals surface area (Å²) in [5.41, 5.74) is 6.57. The lowest BCUT2D eigenvalue weighted by atomic mass is 9.81. The normalized spacial score (nSPS) is 17.7. The highest BCUT2D eigenvalue weighted by Gasteiger charge is 2.35. The summed E-state index contributed by atoms with van der Waals surface area (Å²) in [6, 6.07) is 6.53. The van der Waals surface area contributed by atoms with Crippen molar-refractivity contribution in [2.75, 3.05) is 18.0 Å². The molecule has 3 aliphatic rings. The first-order valence-electron chi connectivity index (χ1n) is 8.25. The first-order chi connectivity index (χ1) is 10.5. The molecule has 3 aliphatic heterocycles. The van der Waals surface area contributed by atoms with Crippen LogP contribution in [0.25, 0.3) is 11.1 Å². The van der Waals surface area contributed by atoms with E-state index in [4.69, 9.17) is 4.98 Å². The Morgan fingerprint density at radius 3 is 2.41 bits per heavy atom. The van der Waals surface area contributed by atoms with Gasteiger partial charge in [0, 0.05) is 48.1 Å². The van der Waals surface area contributed by atoms with Crippen LogP contribution in [-0.2, 0) is 5.41 Å². The van der Waals surface area contributed by atoms with Crippen LogP contribution in [0, 0.1) is 0 Å². The molecule has 114 valence electrons. The second kappa shape index (κ2) is 4.80. The van der Waals surface area contributed by atoms with Crippen molar-refractivity contribution in [1.82, 2.24) is 9.97 Å². The molecule has 5 heterocycles. The third-order valence-electron chi connectivity index (χ3n) is 4.98. The number of piperidine rings is 1. The number of hydrogen-bond donors (Lipinski definition) is 0. The Morgan fingerprint density at radius 2 is 1.77 bits per heavy atom. The van der Waals surface area contributed by atoms with Crippen LogP contribution in [0.2, 0.25) is 0 Å². The fourth-order valence-electron chi connectivity index (χ4n) is 3.69. The minimum absolute atomic E-state index is 0.0723. The highest BCUT2D eigenvalue weighted by molar-refractivity contribution is 5.82. The predicted octanol–water partition coefficient (Wildman–Crippen LogP) is 4.14. The molecule has 0 aromatic carbocycles. The average molecular weight is 293 g/mol. The number of aromatic nitrogens is 2. The molecule has 0 radical (unpaired) electrons. The molecule has 2 aromatic rings. The van der Waals surface area contributed by atoms with Gasteiger partial charge in [-0.1, -0.05) is 20.8 Å². The number of rotatable bonds is 1. The largest absolute Gasteiger partial charge is 0.370 e. The zero-order valence-electron chi connectivity index (χ0n) is 13.6. The van der Waals surface area contributed by atoms with Crippen LogP contribution in [0.15, 0.2) is 30.6 Å². The zero-order valence-corrected chi connectivity index (χ0v) is 13.6. The van der Waals surface area contributed by atoms with E-state index in [2.05, 4.69) is 48.9 Å². The van der Waals surface area contributed by atoms with Crippen LogP contribution in [-0.4, -0.2) is 23.1 Å². The fraction of sp³-hybridized carbons (Fsp3) is 0.474. The Balaban J connectivity index is 1.98. The van der Waals surface area contributed by atoms with Crippen LogP contribution in [0.5, 0.6) is 0 Å². The van der Waals surface area contributed by atoms with Crippen molar-refractivity contribution < 1.29 is 0 Å². The number of fused-ring (bicyclic) bond motifs is 2. The van der Waals surface area contributed by atoms with E-state index in [-0.39, 0.29) is 5.41 Å². The minimum Gasteiger partial charge on any atom is -0.370 e. The van der Waals surface area contributed by atoms with E-state index < -0.39 is 0 Å². The summed E-state index contributed by atoms with van der Waals surface area (Å²) >= 11 is 0. The van der Waals surface area contributed by atoms with Crippen molar-refractivity contribution in [1.29, 1.82) is 0 Å². The molecule has 0 spiro atoms. The summed E-state index contributed by atoms with van der Waals surface area (Å²) in [6.07, 6.45) is 6.28. The first-order valence-corrected chi connectivity index (χ1v) is 8.25. The van der Waals surface area contributed by atoms with Crippen molar-refractivity contribution >= 4 is 5.69 Å². The molecular weight excluding hydrogens is 270 g/mol. The topological polar surface area (TPSA) is 29.0 Å². The molecule has 3 nitrogen and oxygen atoms in total. The number of hydrogen-bond acceptors (Lipinski definition) is 3. The molecule has 0 unspecified atom stereocenters. The van der Waals surface area contributed by atoms with Gasteiger partial charge in [0.2, 0.25) is 0 Å². The lowest BCUT2D eigenvalue weighted by molar-refractivity contribution is 0.457. The zero-order chi connectivity index (χ0) is 15.3. The summed E-state index contributed by atoms with van der Waals surface area (Å²) in [5.74, 6) is 0.642. The van der Waals surface area contributed by atoms with E-state index in [1.807, 2.05) is 12.4 Å². The van der Waals surface area contributed by atoms with Gasteiger partial charge in [-0.2, -0.15) is 0 Å². The van der Waals surface area contributed by atoms with E-state index in [9.17, 15) is 0 Å². The molecule has 0 saturated carbocycles. The summed E-state index contributed by atoms with van der Waals surface area (Å²) in [6.45, 7) is 9.09. The van der Waals surface area contributed by atoms with Gasteiger partial charge in [0.1, 0.15) is 0 Å². The summed E-state index contributed by atoms with van der Waals surface area (Å²) in [7, 11) is 0. The SMILES string of the molecule is CC(C)(C)c1cc(-c2ccncc2)c2c(n1)C1CCN2CC1. The molecular formula is C19H23N3. The maximum absolute atomic E-state index is 5.10. The average Bonchev–Trinajstić information content (AvgIpc) is 2.55. The van der Waals surface area contributed by atoms with Crippen LogP contribution in [0.3, 0.4) is 0 Å². The van der Waals surface area contributed by atoms with Gasteiger partial charge in [0.05, 0.1) is 11.4 Å². The van der Waals surface area contributed by atoms with Gasteiger partial charge in [-0.3, -0.25) is 9.97 Å². The maximum Gasteiger partial charge on any atom is 0.0678 e. The third-order valence-corrected chi connectivity index (χ3v) is 4.98. The minimum atomic E-state index is 0.0723.